The minimum Gasteiger partial charge on any atom is -0.404 e. The topological polar surface area (TPSA) is 83.2 Å². The van der Waals surface area contributed by atoms with Crippen LogP contribution in [0.5, 0.6) is 5.75 Å². The van der Waals surface area contributed by atoms with E-state index in [2.05, 4.69) is 20.4 Å². The van der Waals surface area contributed by atoms with Gasteiger partial charge in [0.1, 0.15) is 11.4 Å². The molecular weight excluding hydrogens is 327 g/mol. The van der Waals surface area contributed by atoms with E-state index < -0.39 is 23.6 Å². The lowest BCUT2D eigenvalue weighted by Gasteiger charge is -2.10. The molecule has 0 saturated heterocycles. The summed E-state index contributed by atoms with van der Waals surface area (Å²) in [7, 11) is 0. The first-order valence-electron chi connectivity index (χ1n) is 6.98. The molecule has 6 nitrogen and oxygen atoms in total. The zero-order valence-electron chi connectivity index (χ0n) is 12.2. The van der Waals surface area contributed by atoms with Crippen molar-refractivity contribution in [3.05, 3.63) is 51.9 Å². The van der Waals surface area contributed by atoms with Crippen molar-refractivity contribution in [3.63, 3.8) is 0 Å². The highest BCUT2D eigenvalue weighted by atomic mass is 19.4. The molecule has 0 saturated carbocycles. The molecule has 3 N–H and O–H groups in total. The Balaban J connectivity index is 1.81. The van der Waals surface area contributed by atoms with Gasteiger partial charge in [-0.2, -0.15) is 0 Å². The third-order valence-electron chi connectivity index (χ3n) is 3.44. The van der Waals surface area contributed by atoms with E-state index in [0.717, 1.165) is 36.5 Å². The summed E-state index contributed by atoms with van der Waals surface area (Å²) in [5.74, 6) is -1.23. The van der Waals surface area contributed by atoms with Crippen LogP contribution in [0.4, 0.5) is 24.5 Å². The first-order valence-corrected chi connectivity index (χ1v) is 6.98. The molecule has 2 aromatic rings. The van der Waals surface area contributed by atoms with Crippen LogP contribution < -0.4 is 20.9 Å². The number of ether oxygens (including phenoxy) is 1. The van der Waals surface area contributed by atoms with Gasteiger partial charge >= 0.3 is 6.36 Å². The number of amides is 1. The van der Waals surface area contributed by atoms with Gasteiger partial charge in [-0.25, -0.2) is 0 Å². The largest absolute Gasteiger partial charge is 0.573 e. The van der Waals surface area contributed by atoms with Gasteiger partial charge < -0.3 is 20.4 Å². The Morgan fingerprint density at radius 3 is 2.79 bits per heavy atom. The number of aromatic nitrogens is 1. The Hall–Kier alpha value is -2.97. The normalized spacial score (nSPS) is 13.1. The Bertz CT molecular complexity index is 846. The molecule has 3 rings (SSSR count). The number of aromatic amines is 1. The van der Waals surface area contributed by atoms with E-state index >= 15 is 0 Å². The van der Waals surface area contributed by atoms with E-state index in [1.165, 1.54) is 0 Å². The van der Waals surface area contributed by atoms with Crippen LogP contribution in [-0.4, -0.2) is 23.8 Å². The molecule has 0 spiro atoms. The Labute approximate surface area is 133 Å². The third-order valence-corrected chi connectivity index (χ3v) is 3.44. The second-order valence-corrected chi connectivity index (χ2v) is 5.13. The van der Waals surface area contributed by atoms with Gasteiger partial charge in [-0.05, 0) is 30.2 Å². The number of carbonyl (C=O) groups excluding carboxylic acids is 1. The molecule has 1 aliphatic heterocycles. The first kappa shape index (κ1) is 15.9. The standard InChI is InChI=1S/C15H12F3N3O3/c16-15(17,18)24-10-6-12(14(23)20-7-10)21-13(22)9-1-2-11-8(5-9)3-4-19-11/h1-2,5-7,19H,3-4H2,(H,20,23)(H,21,22). The monoisotopic (exact) mass is 339 g/mol. The molecule has 2 heterocycles. The van der Waals surface area contributed by atoms with Crippen molar-refractivity contribution in [2.24, 2.45) is 0 Å². The second-order valence-electron chi connectivity index (χ2n) is 5.13. The number of alkyl halides is 3. The Kier molecular flexibility index (Phi) is 3.92. The zero-order valence-corrected chi connectivity index (χ0v) is 12.2. The van der Waals surface area contributed by atoms with Gasteiger partial charge in [0, 0.05) is 30.1 Å². The first-order chi connectivity index (χ1) is 11.3. The van der Waals surface area contributed by atoms with E-state index in [4.69, 9.17) is 0 Å². The van der Waals surface area contributed by atoms with Crippen LogP contribution in [-0.2, 0) is 6.42 Å². The summed E-state index contributed by atoms with van der Waals surface area (Å²) in [5.41, 5.74) is 1.13. The van der Waals surface area contributed by atoms with E-state index in [9.17, 15) is 22.8 Å². The molecule has 9 heteroatoms. The van der Waals surface area contributed by atoms with Crippen LogP contribution in [0.3, 0.4) is 0 Å². The fourth-order valence-corrected chi connectivity index (χ4v) is 2.39. The number of hydrogen-bond donors (Lipinski definition) is 3. The molecule has 24 heavy (non-hydrogen) atoms. The average molecular weight is 339 g/mol. The summed E-state index contributed by atoms with van der Waals surface area (Å²) in [5, 5.41) is 5.44. The summed E-state index contributed by atoms with van der Waals surface area (Å²) >= 11 is 0. The van der Waals surface area contributed by atoms with Crippen LogP contribution in [0.15, 0.2) is 35.3 Å². The van der Waals surface area contributed by atoms with Crippen LogP contribution in [0.2, 0.25) is 0 Å². The predicted molar refractivity (Wildman–Crippen MR) is 80.3 cm³/mol. The van der Waals surface area contributed by atoms with Crippen molar-refractivity contribution < 1.29 is 22.7 Å². The molecule has 1 aromatic carbocycles. The zero-order chi connectivity index (χ0) is 17.3. The summed E-state index contributed by atoms with van der Waals surface area (Å²) in [6.45, 7) is 0.775. The van der Waals surface area contributed by atoms with Gasteiger partial charge in [0.2, 0.25) is 0 Å². The van der Waals surface area contributed by atoms with Crippen LogP contribution in [0.25, 0.3) is 0 Å². The van der Waals surface area contributed by atoms with E-state index in [1.807, 2.05) is 0 Å². The van der Waals surface area contributed by atoms with E-state index in [-0.39, 0.29) is 5.69 Å². The average Bonchev–Trinajstić information content (AvgIpc) is 2.96. The summed E-state index contributed by atoms with van der Waals surface area (Å²) in [6, 6.07) is 5.80. The highest BCUT2D eigenvalue weighted by Gasteiger charge is 2.31. The smallest absolute Gasteiger partial charge is 0.404 e. The maximum atomic E-state index is 12.2. The van der Waals surface area contributed by atoms with Gasteiger partial charge in [-0.3, -0.25) is 9.59 Å². The van der Waals surface area contributed by atoms with Gasteiger partial charge in [-0.15, -0.1) is 13.2 Å². The number of carbonyl (C=O) groups is 1. The lowest BCUT2D eigenvalue weighted by atomic mass is 10.1. The van der Waals surface area contributed by atoms with Crippen molar-refractivity contribution >= 4 is 17.3 Å². The van der Waals surface area contributed by atoms with Gasteiger partial charge in [0.05, 0.1) is 0 Å². The molecular formula is C15H12F3N3O3. The second kappa shape index (κ2) is 5.91. The third kappa shape index (κ3) is 3.50. The van der Waals surface area contributed by atoms with Crippen LogP contribution >= 0.6 is 0 Å². The molecule has 0 radical (unpaired) electrons. The van der Waals surface area contributed by atoms with Crippen LogP contribution in [0.1, 0.15) is 15.9 Å². The molecule has 126 valence electrons. The number of H-pyrrole nitrogens is 1. The molecule has 0 fully saturated rings. The number of anilines is 2. The molecule has 0 unspecified atom stereocenters. The number of benzene rings is 1. The number of hydrogen-bond acceptors (Lipinski definition) is 4. The number of nitrogens with one attached hydrogen (secondary N) is 3. The number of pyridine rings is 1. The molecule has 0 bridgehead atoms. The minimum atomic E-state index is -4.90. The fourth-order valence-electron chi connectivity index (χ4n) is 2.39. The fraction of sp³-hybridized carbons (Fsp3) is 0.200. The van der Waals surface area contributed by atoms with Crippen molar-refractivity contribution in [1.29, 1.82) is 0 Å². The summed E-state index contributed by atoms with van der Waals surface area (Å²) in [4.78, 5) is 26.0. The number of rotatable bonds is 3. The summed E-state index contributed by atoms with van der Waals surface area (Å²) in [6.07, 6.45) is -3.36. The summed E-state index contributed by atoms with van der Waals surface area (Å²) < 4.78 is 40.4. The quantitative estimate of drug-likeness (QED) is 0.802. The molecule has 1 aliphatic rings. The lowest BCUT2D eigenvalue weighted by Crippen LogP contribution is -2.22. The van der Waals surface area contributed by atoms with Crippen molar-refractivity contribution in [3.8, 4) is 5.75 Å². The number of halogens is 3. The maximum Gasteiger partial charge on any atom is 0.573 e. The number of fused-ring (bicyclic) bond motifs is 1. The Morgan fingerprint density at radius 2 is 2.04 bits per heavy atom. The highest BCUT2D eigenvalue weighted by Crippen LogP contribution is 2.25. The maximum absolute atomic E-state index is 12.2. The molecule has 1 amide bonds. The van der Waals surface area contributed by atoms with Gasteiger partial charge in [-0.1, -0.05) is 0 Å². The SMILES string of the molecule is O=C(Nc1cc(OC(F)(F)F)c[nH]c1=O)c1ccc2c(c1)CCN2. The predicted octanol–water partition coefficient (Wildman–Crippen LogP) is 2.49. The van der Waals surface area contributed by atoms with Crippen molar-refractivity contribution in [2.45, 2.75) is 12.8 Å². The van der Waals surface area contributed by atoms with Gasteiger partial charge in [0.15, 0.2) is 0 Å². The lowest BCUT2D eigenvalue weighted by molar-refractivity contribution is -0.274. The highest BCUT2D eigenvalue weighted by molar-refractivity contribution is 6.04. The van der Waals surface area contributed by atoms with E-state index in [0.29, 0.717) is 5.56 Å². The van der Waals surface area contributed by atoms with E-state index in [1.54, 1.807) is 18.2 Å². The molecule has 1 aromatic heterocycles. The molecule has 0 aliphatic carbocycles. The Morgan fingerprint density at radius 1 is 1.25 bits per heavy atom. The minimum absolute atomic E-state index is 0.305. The molecule has 0 atom stereocenters. The van der Waals surface area contributed by atoms with Crippen LogP contribution in [0, 0.1) is 0 Å². The van der Waals surface area contributed by atoms with Crippen molar-refractivity contribution in [1.82, 2.24) is 4.98 Å². The van der Waals surface area contributed by atoms with Gasteiger partial charge in [0.25, 0.3) is 11.5 Å². The van der Waals surface area contributed by atoms with Crippen molar-refractivity contribution in [2.75, 3.05) is 17.2 Å².